The fourth-order valence-corrected chi connectivity index (χ4v) is 5.48. The maximum Gasteiger partial charge on any atom is 0.220 e. The van der Waals surface area contributed by atoms with E-state index in [4.69, 9.17) is 0 Å². The molecule has 1 aromatic heterocycles. The Kier molecular flexibility index (Phi) is 8.76. The van der Waals surface area contributed by atoms with Gasteiger partial charge in [-0.3, -0.25) is 4.79 Å². The Morgan fingerprint density at radius 3 is 2.62 bits per heavy atom. The van der Waals surface area contributed by atoms with Crippen molar-refractivity contribution in [2.24, 2.45) is 11.3 Å². The van der Waals surface area contributed by atoms with E-state index in [1.807, 2.05) is 6.20 Å². The number of nitrogens with zero attached hydrogens (tertiary/aromatic N) is 1. The summed E-state index contributed by atoms with van der Waals surface area (Å²) in [5, 5.41) is 3.86. The lowest BCUT2D eigenvalue weighted by molar-refractivity contribution is -0.122. The summed E-state index contributed by atoms with van der Waals surface area (Å²) in [4.78, 5) is 17.9. The smallest absolute Gasteiger partial charge is 0.220 e. The number of rotatable bonds is 10. The van der Waals surface area contributed by atoms with Crippen LogP contribution >= 0.6 is 0 Å². The maximum absolute atomic E-state index is 13.5. The number of benzene rings is 1. The quantitative estimate of drug-likeness (QED) is 0.472. The molecule has 1 fully saturated rings. The fraction of sp³-hybridized carbons (Fsp3) is 0.640. The zero-order chi connectivity index (χ0) is 24.9. The van der Waals surface area contributed by atoms with E-state index in [0.29, 0.717) is 31.8 Å². The Morgan fingerprint density at radius 1 is 1.26 bits per heavy atom. The molecular formula is C25H39FN4O3S. The molecule has 1 aliphatic rings. The summed E-state index contributed by atoms with van der Waals surface area (Å²) in [5.74, 6) is 0.195. The highest BCUT2D eigenvalue weighted by molar-refractivity contribution is 7.89. The van der Waals surface area contributed by atoms with Gasteiger partial charge >= 0.3 is 0 Å². The van der Waals surface area contributed by atoms with Crippen LogP contribution < -0.4 is 10.0 Å². The van der Waals surface area contributed by atoms with Crippen LogP contribution in [0.25, 0.3) is 10.9 Å². The molecular weight excluding hydrogens is 455 g/mol. The molecule has 34 heavy (non-hydrogen) atoms. The van der Waals surface area contributed by atoms with E-state index in [1.165, 1.54) is 12.1 Å². The number of halogens is 1. The van der Waals surface area contributed by atoms with Crippen molar-refractivity contribution < 1.29 is 17.6 Å². The first kappa shape index (κ1) is 26.6. The monoisotopic (exact) mass is 494 g/mol. The number of nitrogens with one attached hydrogen (secondary N) is 3. The predicted molar refractivity (Wildman–Crippen MR) is 135 cm³/mol. The largest absolute Gasteiger partial charge is 0.361 e. The summed E-state index contributed by atoms with van der Waals surface area (Å²) in [6.45, 7) is 10.7. The van der Waals surface area contributed by atoms with Crippen molar-refractivity contribution >= 4 is 26.8 Å². The number of carbonyl (C=O) groups excluding carboxylic acids is 1. The van der Waals surface area contributed by atoms with Crippen molar-refractivity contribution in [3.8, 4) is 0 Å². The Hall–Kier alpha value is -1.97. The Bertz CT molecular complexity index is 1070. The van der Waals surface area contributed by atoms with Crippen LogP contribution in [-0.2, 0) is 21.2 Å². The third-order valence-electron chi connectivity index (χ3n) is 6.82. The molecule has 0 spiro atoms. The molecule has 1 unspecified atom stereocenters. The van der Waals surface area contributed by atoms with E-state index in [0.717, 1.165) is 42.4 Å². The highest BCUT2D eigenvalue weighted by atomic mass is 32.2. The number of likely N-dealkylation sites (tertiary alicyclic amines) is 1. The molecule has 7 nitrogen and oxygen atoms in total. The van der Waals surface area contributed by atoms with Gasteiger partial charge in [0.25, 0.3) is 0 Å². The first-order valence-corrected chi connectivity index (χ1v) is 13.9. The van der Waals surface area contributed by atoms with Gasteiger partial charge in [-0.1, -0.05) is 20.8 Å². The van der Waals surface area contributed by atoms with E-state index in [1.54, 1.807) is 13.0 Å². The van der Waals surface area contributed by atoms with Gasteiger partial charge < -0.3 is 15.2 Å². The third kappa shape index (κ3) is 7.52. The van der Waals surface area contributed by atoms with Crippen molar-refractivity contribution in [3.63, 3.8) is 0 Å². The van der Waals surface area contributed by atoms with Gasteiger partial charge in [-0.2, -0.15) is 0 Å². The standard InChI is InChI=1S/C25H39FN4O3S/c1-5-34(32,33)29-23(25(2,3)4)17-30-12-9-18(10-13-30)14-24(31)27-11-8-19-16-28-22-7-6-20(26)15-21(19)22/h6-7,15-16,18,23,28-29H,5,8-14,17H2,1-4H3,(H,27,31). The van der Waals surface area contributed by atoms with Crippen LogP contribution in [-0.4, -0.2) is 62.2 Å². The van der Waals surface area contributed by atoms with Crippen molar-refractivity contribution in [2.75, 3.05) is 31.9 Å². The molecule has 2 aromatic rings. The second-order valence-electron chi connectivity index (χ2n) is 10.5. The van der Waals surface area contributed by atoms with Crippen LogP contribution in [0.4, 0.5) is 4.39 Å². The molecule has 1 amide bonds. The second-order valence-corrected chi connectivity index (χ2v) is 12.5. The molecule has 1 saturated heterocycles. The molecule has 1 aliphatic heterocycles. The Balaban J connectivity index is 1.41. The molecule has 0 saturated carbocycles. The highest BCUT2D eigenvalue weighted by Crippen LogP contribution is 2.25. The topological polar surface area (TPSA) is 94.3 Å². The summed E-state index contributed by atoms with van der Waals surface area (Å²) in [6.07, 6.45) is 4.87. The molecule has 1 atom stereocenters. The Labute approximate surface area is 202 Å². The third-order valence-corrected chi connectivity index (χ3v) is 8.22. The fourth-order valence-electron chi connectivity index (χ4n) is 4.45. The van der Waals surface area contributed by atoms with Crippen LogP contribution in [0.1, 0.15) is 52.5 Å². The molecule has 1 aromatic carbocycles. The number of sulfonamides is 1. The number of H-pyrrole nitrogens is 1. The number of hydrogen-bond donors (Lipinski definition) is 3. The minimum absolute atomic E-state index is 0.0488. The number of hydrogen-bond acceptors (Lipinski definition) is 4. The average Bonchev–Trinajstić information content (AvgIpc) is 3.16. The second kappa shape index (κ2) is 11.2. The van der Waals surface area contributed by atoms with Crippen LogP contribution in [0.15, 0.2) is 24.4 Å². The first-order chi connectivity index (χ1) is 16.0. The molecule has 0 radical (unpaired) electrons. The number of carbonyl (C=O) groups is 1. The lowest BCUT2D eigenvalue weighted by Crippen LogP contribution is -2.52. The normalized spacial score (nSPS) is 17.2. The van der Waals surface area contributed by atoms with Gasteiger partial charge in [0.15, 0.2) is 0 Å². The van der Waals surface area contributed by atoms with Crippen LogP contribution in [0.2, 0.25) is 0 Å². The van der Waals surface area contributed by atoms with Gasteiger partial charge in [-0.15, -0.1) is 0 Å². The van der Waals surface area contributed by atoms with E-state index in [-0.39, 0.29) is 28.9 Å². The van der Waals surface area contributed by atoms with Crippen molar-refractivity contribution in [3.05, 3.63) is 35.8 Å². The maximum atomic E-state index is 13.5. The highest BCUT2D eigenvalue weighted by Gasteiger charge is 2.31. The van der Waals surface area contributed by atoms with Gasteiger partial charge in [-0.05, 0) is 74.4 Å². The van der Waals surface area contributed by atoms with Gasteiger partial charge in [0.05, 0.1) is 5.75 Å². The van der Waals surface area contributed by atoms with E-state index < -0.39 is 10.0 Å². The summed E-state index contributed by atoms with van der Waals surface area (Å²) < 4.78 is 40.6. The number of aromatic nitrogens is 1. The molecule has 3 rings (SSSR count). The van der Waals surface area contributed by atoms with E-state index in [9.17, 15) is 17.6 Å². The molecule has 0 aliphatic carbocycles. The van der Waals surface area contributed by atoms with Crippen molar-refractivity contribution in [2.45, 2.75) is 59.4 Å². The molecule has 3 N–H and O–H groups in total. The van der Waals surface area contributed by atoms with Gasteiger partial charge in [-0.25, -0.2) is 17.5 Å². The van der Waals surface area contributed by atoms with Gasteiger partial charge in [0.2, 0.25) is 15.9 Å². The van der Waals surface area contributed by atoms with Crippen LogP contribution in [0, 0.1) is 17.2 Å². The minimum atomic E-state index is -3.27. The van der Waals surface area contributed by atoms with Crippen molar-refractivity contribution in [1.82, 2.24) is 19.9 Å². The summed E-state index contributed by atoms with van der Waals surface area (Å²) >= 11 is 0. The average molecular weight is 495 g/mol. The lowest BCUT2D eigenvalue weighted by Gasteiger charge is -2.38. The first-order valence-electron chi connectivity index (χ1n) is 12.2. The summed E-state index contributed by atoms with van der Waals surface area (Å²) in [5.41, 5.74) is 1.70. The molecule has 2 heterocycles. The minimum Gasteiger partial charge on any atom is -0.361 e. The number of amides is 1. The number of fused-ring (bicyclic) bond motifs is 1. The van der Waals surface area contributed by atoms with Crippen molar-refractivity contribution in [1.29, 1.82) is 0 Å². The summed E-state index contributed by atoms with van der Waals surface area (Å²) in [7, 11) is -3.27. The zero-order valence-electron chi connectivity index (χ0n) is 20.8. The number of piperidine rings is 1. The summed E-state index contributed by atoms with van der Waals surface area (Å²) in [6, 6.07) is 4.52. The van der Waals surface area contributed by atoms with Crippen LogP contribution in [0.3, 0.4) is 0 Å². The van der Waals surface area contributed by atoms with E-state index >= 15 is 0 Å². The molecule has 9 heteroatoms. The predicted octanol–water partition coefficient (Wildman–Crippen LogP) is 3.42. The number of aromatic amines is 1. The van der Waals surface area contributed by atoms with E-state index in [2.05, 4.69) is 40.7 Å². The molecule has 190 valence electrons. The molecule has 0 bridgehead atoms. The van der Waals surface area contributed by atoms with Crippen LogP contribution in [0.5, 0.6) is 0 Å². The van der Waals surface area contributed by atoms with Gasteiger partial charge in [0, 0.05) is 42.7 Å². The Morgan fingerprint density at radius 2 is 1.97 bits per heavy atom. The lowest BCUT2D eigenvalue weighted by atomic mass is 9.86. The van der Waals surface area contributed by atoms with Gasteiger partial charge in [0.1, 0.15) is 5.82 Å². The SMILES string of the molecule is CCS(=O)(=O)NC(CN1CCC(CC(=O)NCCc2c[nH]c3ccc(F)cc23)CC1)C(C)(C)C. The zero-order valence-corrected chi connectivity index (χ0v) is 21.6.